The van der Waals surface area contributed by atoms with Gasteiger partial charge in [-0.1, -0.05) is 0 Å². The van der Waals surface area contributed by atoms with Crippen molar-refractivity contribution < 1.29 is 8.42 Å². The molecule has 12 heavy (non-hydrogen) atoms. The van der Waals surface area contributed by atoms with Gasteiger partial charge < -0.3 is 0 Å². The van der Waals surface area contributed by atoms with Gasteiger partial charge in [0.05, 0.1) is 6.20 Å². The van der Waals surface area contributed by atoms with Gasteiger partial charge in [-0.05, 0) is 0 Å². The van der Waals surface area contributed by atoms with Gasteiger partial charge in [-0.3, -0.25) is 4.72 Å². The molecule has 0 atom stereocenters. The molecule has 0 radical (unpaired) electrons. The number of aromatic amines is 1. The molecule has 0 amide bonds. The molecule has 0 saturated heterocycles. The van der Waals surface area contributed by atoms with E-state index in [1.165, 1.54) is 20.3 Å². The SMILES string of the molecule is CN(C)S(=O)(=O)Nc1cn[nH]n1. The van der Waals surface area contributed by atoms with Crippen molar-refractivity contribution in [2.24, 2.45) is 0 Å². The van der Waals surface area contributed by atoms with Crippen LogP contribution in [-0.2, 0) is 10.2 Å². The summed E-state index contributed by atoms with van der Waals surface area (Å²) < 4.78 is 25.5. The Kier molecular flexibility index (Phi) is 2.29. The first kappa shape index (κ1) is 8.94. The summed E-state index contributed by atoms with van der Waals surface area (Å²) in [4.78, 5) is 0. The second-order valence-corrected chi connectivity index (χ2v) is 4.13. The molecule has 2 N–H and O–H groups in total. The van der Waals surface area contributed by atoms with Gasteiger partial charge in [0.1, 0.15) is 0 Å². The van der Waals surface area contributed by atoms with Gasteiger partial charge in [0.15, 0.2) is 5.82 Å². The lowest BCUT2D eigenvalue weighted by atomic mass is 10.8. The van der Waals surface area contributed by atoms with Gasteiger partial charge in [-0.15, -0.1) is 5.10 Å². The van der Waals surface area contributed by atoms with E-state index in [2.05, 4.69) is 20.1 Å². The number of hydrogen-bond donors (Lipinski definition) is 2. The third kappa shape index (κ3) is 1.92. The molecule has 68 valence electrons. The highest BCUT2D eigenvalue weighted by Gasteiger charge is 2.13. The number of rotatable bonds is 3. The Bertz CT molecular complexity index is 328. The van der Waals surface area contributed by atoms with Gasteiger partial charge in [0.25, 0.3) is 0 Å². The molecule has 1 aromatic rings. The lowest BCUT2D eigenvalue weighted by Crippen LogP contribution is -2.29. The highest BCUT2D eigenvalue weighted by atomic mass is 32.2. The van der Waals surface area contributed by atoms with Crippen LogP contribution in [0.1, 0.15) is 0 Å². The van der Waals surface area contributed by atoms with E-state index in [1.807, 2.05) is 0 Å². The monoisotopic (exact) mass is 191 g/mol. The molecule has 0 fully saturated rings. The van der Waals surface area contributed by atoms with Crippen LogP contribution < -0.4 is 4.72 Å². The third-order valence-corrected chi connectivity index (χ3v) is 2.56. The van der Waals surface area contributed by atoms with Crippen LogP contribution >= 0.6 is 0 Å². The van der Waals surface area contributed by atoms with Crippen LogP contribution in [0.5, 0.6) is 0 Å². The molecule has 1 heterocycles. The minimum atomic E-state index is -3.46. The molecule has 0 aromatic carbocycles. The Morgan fingerprint density at radius 2 is 2.25 bits per heavy atom. The zero-order valence-corrected chi connectivity index (χ0v) is 7.46. The maximum absolute atomic E-state index is 11.1. The highest BCUT2D eigenvalue weighted by Crippen LogP contribution is 2.01. The number of aromatic nitrogens is 3. The molecule has 1 rings (SSSR count). The molecule has 0 unspecified atom stereocenters. The van der Waals surface area contributed by atoms with Gasteiger partial charge in [-0.2, -0.15) is 23.0 Å². The number of hydrogen-bond acceptors (Lipinski definition) is 4. The summed E-state index contributed by atoms with van der Waals surface area (Å²) in [6.07, 6.45) is 1.28. The summed E-state index contributed by atoms with van der Waals surface area (Å²) in [6.45, 7) is 0. The van der Waals surface area contributed by atoms with E-state index in [9.17, 15) is 8.42 Å². The minimum Gasteiger partial charge on any atom is -0.252 e. The van der Waals surface area contributed by atoms with E-state index in [0.29, 0.717) is 0 Å². The fraction of sp³-hybridized carbons (Fsp3) is 0.500. The van der Waals surface area contributed by atoms with Gasteiger partial charge in [0.2, 0.25) is 0 Å². The minimum absolute atomic E-state index is 0.170. The van der Waals surface area contributed by atoms with Crippen molar-refractivity contribution in [1.29, 1.82) is 0 Å². The maximum atomic E-state index is 11.1. The molecule has 0 saturated carbocycles. The molecule has 8 heteroatoms. The normalized spacial score (nSPS) is 11.9. The second-order valence-electron chi connectivity index (χ2n) is 2.24. The smallest absolute Gasteiger partial charge is 0.252 e. The van der Waals surface area contributed by atoms with Gasteiger partial charge in [-0.25, -0.2) is 0 Å². The van der Waals surface area contributed by atoms with Crippen LogP contribution in [-0.4, -0.2) is 42.2 Å². The quantitative estimate of drug-likeness (QED) is 0.642. The Balaban J connectivity index is 2.77. The van der Waals surface area contributed by atoms with Crippen LogP contribution in [0.15, 0.2) is 6.20 Å². The molecule has 0 aliphatic heterocycles. The summed E-state index contributed by atoms with van der Waals surface area (Å²) >= 11 is 0. The number of nitrogens with zero attached hydrogens (tertiary/aromatic N) is 3. The Morgan fingerprint density at radius 1 is 1.58 bits per heavy atom. The van der Waals surface area contributed by atoms with E-state index < -0.39 is 10.2 Å². The molecule has 1 aromatic heterocycles. The fourth-order valence-corrected chi connectivity index (χ4v) is 1.02. The fourth-order valence-electron chi connectivity index (χ4n) is 0.474. The lowest BCUT2D eigenvalue weighted by molar-refractivity contribution is 0.526. The lowest BCUT2D eigenvalue weighted by Gasteiger charge is -2.10. The predicted octanol–water partition coefficient (Wildman–Crippen LogP) is -0.977. The van der Waals surface area contributed by atoms with Crippen molar-refractivity contribution in [2.75, 3.05) is 18.8 Å². The van der Waals surface area contributed by atoms with Crippen LogP contribution in [0, 0.1) is 0 Å². The van der Waals surface area contributed by atoms with Crippen molar-refractivity contribution in [3.63, 3.8) is 0 Å². The van der Waals surface area contributed by atoms with Crippen molar-refractivity contribution in [2.45, 2.75) is 0 Å². The standard InChI is InChI=1S/C4H9N5O2S/c1-9(2)12(10,11)7-4-3-5-8-6-4/h3H,1-2H3,(H2,5,6,7,8). The van der Waals surface area contributed by atoms with E-state index in [0.717, 1.165) is 4.31 Å². The summed E-state index contributed by atoms with van der Waals surface area (Å²) in [7, 11) is -0.622. The number of anilines is 1. The largest absolute Gasteiger partial charge is 0.302 e. The molecular formula is C4H9N5O2S. The van der Waals surface area contributed by atoms with Crippen molar-refractivity contribution in [1.82, 2.24) is 19.7 Å². The van der Waals surface area contributed by atoms with Crippen molar-refractivity contribution >= 4 is 16.0 Å². The van der Waals surface area contributed by atoms with Crippen LogP contribution in [0.25, 0.3) is 0 Å². The van der Waals surface area contributed by atoms with E-state index in [4.69, 9.17) is 0 Å². The third-order valence-electron chi connectivity index (χ3n) is 1.13. The van der Waals surface area contributed by atoms with Crippen LogP contribution in [0.3, 0.4) is 0 Å². The maximum Gasteiger partial charge on any atom is 0.302 e. The zero-order valence-electron chi connectivity index (χ0n) is 6.64. The van der Waals surface area contributed by atoms with Crippen molar-refractivity contribution in [3.05, 3.63) is 6.20 Å². The average molecular weight is 191 g/mol. The number of H-pyrrole nitrogens is 1. The zero-order chi connectivity index (χ0) is 9.19. The first-order valence-electron chi connectivity index (χ1n) is 3.08. The second kappa shape index (κ2) is 3.07. The predicted molar refractivity (Wildman–Crippen MR) is 42.6 cm³/mol. The topological polar surface area (TPSA) is 91.0 Å². The summed E-state index contributed by atoms with van der Waals surface area (Å²) in [5.41, 5.74) is 0. The average Bonchev–Trinajstić information content (AvgIpc) is 2.38. The molecule has 0 aliphatic carbocycles. The van der Waals surface area contributed by atoms with Crippen LogP contribution in [0.4, 0.5) is 5.82 Å². The number of nitrogens with one attached hydrogen (secondary N) is 2. The Hall–Kier alpha value is -1.15. The molecule has 0 aliphatic rings. The van der Waals surface area contributed by atoms with Gasteiger partial charge in [0, 0.05) is 14.1 Å². The van der Waals surface area contributed by atoms with E-state index in [-0.39, 0.29) is 5.82 Å². The van der Waals surface area contributed by atoms with Gasteiger partial charge >= 0.3 is 10.2 Å². The first-order chi connectivity index (χ1) is 5.52. The molecule has 0 spiro atoms. The molecular weight excluding hydrogens is 182 g/mol. The van der Waals surface area contributed by atoms with E-state index >= 15 is 0 Å². The summed E-state index contributed by atoms with van der Waals surface area (Å²) in [5.74, 6) is 0.170. The molecule has 0 bridgehead atoms. The van der Waals surface area contributed by atoms with Crippen molar-refractivity contribution in [3.8, 4) is 0 Å². The van der Waals surface area contributed by atoms with E-state index in [1.54, 1.807) is 0 Å². The first-order valence-corrected chi connectivity index (χ1v) is 4.52. The summed E-state index contributed by atoms with van der Waals surface area (Å²) in [6, 6.07) is 0. The Morgan fingerprint density at radius 3 is 2.67 bits per heavy atom. The molecule has 7 nitrogen and oxygen atoms in total. The van der Waals surface area contributed by atoms with Crippen LogP contribution in [0.2, 0.25) is 0 Å². The Labute approximate surface area is 70.0 Å². The summed E-state index contributed by atoms with van der Waals surface area (Å²) in [5, 5.41) is 9.26. The highest BCUT2D eigenvalue weighted by molar-refractivity contribution is 7.90.